The van der Waals surface area contributed by atoms with Crippen molar-refractivity contribution in [3.8, 4) is 0 Å². The fourth-order valence-corrected chi connectivity index (χ4v) is 2.41. The molecule has 0 amide bonds. The Labute approximate surface area is 104 Å². The van der Waals surface area contributed by atoms with Crippen LogP contribution >= 0.6 is 0 Å². The molecule has 2 heterocycles. The molecule has 1 aromatic rings. The standard InChI is InChI=1S/C14H22N2O/c1-11-7-8-16-14(10-11)13(15-2)6-5-12-4-3-9-17-12/h7-8,10,12-13,15H,3-6,9H2,1-2H3. The van der Waals surface area contributed by atoms with Crippen molar-refractivity contribution in [2.24, 2.45) is 0 Å². The lowest BCUT2D eigenvalue weighted by atomic mass is 10.0. The van der Waals surface area contributed by atoms with Crippen LogP contribution in [0.5, 0.6) is 0 Å². The molecule has 0 saturated carbocycles. The van der Waals surface area contributed by atoms with Gasteiger partial charge in [0, 0.05) is 18.8 Å². The number of hydrogen-bond donors (Lipinski definition) is 1. The molecule has 0 radical (unpaired) electrons. The average Bonchev–Trinajstić information content (AvgIpc) is 2.83. The summed E-state index contributed by atoms with van der Waals surface area (Å²) in [5.41, 5.74) is 2.41. The van der Waals surface area contributed by atoms with Gasteiger partial charge in [0.15, 0.2) is 0 Å². The molecule has 1 aliphatic rings. The maximum Gasteiger partial charge on any atom is 0.0576 e. The Bertz CT molecular complexity index is 348. The number of ether oxygens (including phenoxy) is 1. The zero-order chi connectivity index (χ0) is 12.1. The predicted octanol–water partition coefficient (Wildman–Crippen LogP) is 2.61. The summed E-state index contributed by atoms with van der Waals surface area (Å²) in [5.74, 6) is 0. The van der Waals surface area contributed by atoms with E-state index in [1.807, 2.05) is 19.3 Å². The van der Waals surface area contributed by atoms with E-state index in [-0.39, 0.29) is 0 Å². The van der Waals surface area contributed by atoms with E-state index in [9.17, 15) is 0 Å². The van der Waals surface area contributed by atoms with Crippen molar-refractivity contribution in [3.63, 3.8) is 0 Å². The topological polar surface area (TPSA) is 34.1 Å². The van der Waals surface area contributed by atoms with Gasteiger partial charge >= 0.3 is 0 Å². The SMILES string of the molecule is CNC(CCC1CCCO1)c1cc(C)ccn1. The van der Waals surface area contributed by atoms with Gasteiger partial charge in [0.25, 0.3) is 0 Å². The van der Waals surface area contributed by atoms with E-state index in [4.69, 9.17) is 4.74 Å². The second-order valence-electron chi connectivity index (χ2n) is 4.81. The van der Waals surface area contributed by atoms with Gasteiger partial charge in [0.2, 0.25) is 0 Å². The summed E-state index contributed by atoms with van der Waals surface area (Å²) in [7, 11) is 2.00. The minimum atomic E-state index is 0.346. The van der Waals surface area contributed by atoms with Gasteiger partial charge in [-0.05, 0) is 57.4 Å². The Morgan fingerprint density at radius 1 is 1.59 bits per heavy atom. The highest BCUT2D eigenvalue weighted by Crippen LogP contribution is 2.23. The molecule has 1 N–H and O–H groups in total. The third kappa shape index (κ3) is 3.51. The Morgan fingerprint density at radius 3 is 3.12 bits per heavy atom. The highest BCUT2D eigenvalue weighted by molar-refractivity contribution is 5.17. The number of pyridine rings is 1. The van der Waals surface area contributed by atoms with Crippen molar-refractivity contribution in [1.29, 1.82) is 0 Å². The van der Waals surface area contributed by atoms with Crippen LogP contribution in [0.1, 0.15) is 43.0 Å². The number of nitrogens with one attached hydrogen (secondary N) is 1. The first-order valence-electron chi connectivity index (χ1n) is 6.51. The maximum atomic E-state index is 5.66. The predicted molar refractivity (Wildman–Crippen MR) is 69.0 cm³/mol. The van der Waals surface area contributed by atoms with Crippen molar-refractivity contribution in [3.05, 3.63) is 29.6 Å². The van der Waals surface area contributed by atoms with Crippen molar-refractivity contribution < 1.29 is 4.74 Å². The molecule has 3 heteroatoms. The Balaban J connectivity index is 1.91. The van der Waals surface area contributed by atoms with Gasteiger partial charge in [-0.15, -0.1) is 0 Å². The molecular weight excluding hydrogens is 212 g/mol. The van der Waals surface area contributed by atoms with E-state index in [0.29, 0.717) is 12.1 Å². The van der Waals surface area contributed by atoms with Crippen LogP contribution in [0.2, 0.25) is 0 Å². The molecule has 1 aliphatic heterocycles. The second kappa shape index (κ2) is 6.12. The zero-order valence-corrected chi connectivity index (χ0v) is 10.8. The highest BCUT2D eigenvalue weighted by Gasteiger charge is 2.18. The quantitative estimate of drug-likeness (QED) is 0.850. The monoisotopic (exact) mass is 234 g/mol. The molecule has 1 fully saturated rings. The van der Waals surface area contributed by atoms with Crippen LogP contribution < -0.4 is 5.32 Å². The fraction of sp³-hybridized carbons (Fsp3) is 0.643. The van der Waals surface area contributed by atoms with Crippen LogP contribution in [0.15, 0.2) is 18.3 Å². The molecule has 2 unspecified atom stereocenters. The second-order valence-corrected chi connectivity index (χ2v) is 4.81. The maximum absolute atomic E-state index is 5.66. The fourth-order valence-electron chi connectivity index (χ4n) is 2.41. The van der Waals surface area contributed by atoms with Gasteiger partial charge in [-0.25, -0.2) is 0 Å². The lowest BCUT2D eigenvalue weighted by Crippen LogP contribution is -2.19. The molecule has 0 aromatic carbocycles. The van der Waals surface area contributed by atoms with Crippen LogP contribution in [0.4, 0.5) is 0 Å². The van der Waals surface area contributed by atoms with Crippen molar-refractivity contribution in [2.45, 2.75) is 44.8 Å². The molecular formula is C14H22N2O. The smallest absolute Gasteiger partial charge is 0.0576 e. The van der Waals surface area contributed by atoms with E-state index in [2.05, 4.69) is 23.3 Å². The van der Waals surface area contributed by atoms with Crippen molar-refractivity contribution in [2.75, 3.05) is 13.7 Å². The minimum Gasteiger partial charge on any atom is -0.378 e. The van der Waals surface area contributed by atoms with Crippen molar-refractivity contribution >= 4 is 0 Å². The first-order valence-corrected chi connectivity index (χ1v) is 6.51. The molecule has 2 atom stereocenters. The third-order valence-corrected chi connectivity index (χ3v) is 3.44. The van der Waals surface area contributed by atoms with Gasteiger partial charge in [-0.3, -0.25) is 4.98 Å². The van der Waals surface area contributed by atoms with E-state index in [1.54, 1.807) is 0 Å². The summed E-state index contributed by atoms with van der Waals surface area (Å²) in [4.78, 5) is 4.45. The number of rotatable bonds is 5. The summed E-state index contributed by atoms with van der Waals surface area (Å²) >= 11 is 0. The molecule has 1 aromatic heterocycles. The summed E-state index contributed by atoms with van der Waals surface area (Å²) in [6.07, 6.45) is 7.02. The first kappa shape index (κ1) is 12.5. The van der Waals surface area contributed by atoms with Crippen LogP contribution in [0, 0.1) is 6.92 Å². The van der Waals surface area contributed by atoms with Gasteiger partial charge < -0.3 is 10.1 Å². The highest BCUT2D eigenvalue weighted by atomic mass is 16.5. The van der Waals surface area contributed by atoms with Gasteiger partial charge in [-0.2, -0.15) is 0 Å². The summed E-state index contributed by atoms with van der Waals surface area (Å²) in [5, 5.41) is 3.35. The van der Waals surface area contributed by atoms with Crippen molar-refractivity contribution in [1.82, 2.24) is 10.3 Å². The molecule has 3 nitrogen and oxygen atoms in total. The van der Waals surface area contributed by atoms with E-state index < -0.39 is 0 Å². The summed E-state index contributed by atoms with van der Waals surface area (Å²) < 4.78 is 5.66. The largest absolute Gasteiger partial charge is 0.378 e. The molecule has 17 heavy (non-hydrogen) atoms. The third-order valence-electron chi connectivity index (χ3n) is 3.44. The zero-order valence-electron chi connectivity index (χ0n) is 10.8. The lowest BCUT2D eigenvalue weighted by Gasteiger charge is -2.18. The molecule has 2 rings (SSSR count). The molecule has 0 aliphatic carbocycles. The van der Waals surface area contributed by atoms with Gasteiger partial charge in [0.05, 0.1) is 11.8 Å². The number of aryl methyl sites for hydroxylation is 1. The summed E-state index contributed by atoms with van der Waals surface area (Å²) in [6, 6.07) is 4.55. The van der Waals surface area contributed by atoms with Crippen LogP contribution in [0.3, 0.4) is 0 Å². The van der Waals surface area contributed by atoms with Crippen LogP contribution in [-0.4, -0.2) is 24.7 Å². The van der Waals surface area contributed by atoms with Crippen LogP contribution in [0.25, 0.3) is 0 Å². The Morgan fingerprint density at radius 2 is 2.47 bits per heavy atom. The average molecular weight is 234 g/mol. The van der Waals surface area contributed by atoms with E-state index in [0.717, 1.165) is 25.1 Å². The van der Waals surface area contributed by atoms with Gasteiger partial charge in [-0.1, -0.05) is 0 Å². The molecule has 0 bridgehead atoms. The normalized spacial score (nSPS) is 21.6. The number of aromatic nitrogens is 1. The first-order chi connectivity index (χ1) is 8.29. The summed E-state index contributed by atoms with van der Waals surface area (Å²) in [6.45, 7) is 3.05. The van der Waals surface area contributed by atoms with Crippen LogP contribution in [-0.2, 0) is 4.74 Å². The van der Waals surface area contributed by atoms with Gasteiger partial charge in [0.1, 0.15) is 0 Å². The van der Waals surface area contributed by atoms with E-state index >= 15 is 0 Å². The Hall–Kier alpha value is -0.930. The number of nitrogens with zero attached hydrogens (tertiary/aromatic N) is 1. The molecule has 94 valence electrons. The Kier molecular flexibility index (Phi) is 4.51. The van der Waals surface area contributed by atoms with E-state index in [1.165, 1.54) is 18.4 Å². The molecule has 1 saturated heterocycles. The lowest BCUT2D eigenvalue weighted by molar-refractivity contribution is 0.0997. The molecule has 0 spiro atoms. The minimum absolute atomic E-state index is 0.346. The number of hydrogen-bond acceptors (Lipinski definition) is 3.